The number of hydrogen-bond acceptors (Lipinski definition) is 2. The number of hydrogen-bond donors (Lipinski definition) is 1. The normalized spacial score (nSPS) is 13.7. The molecule has 1 atom stereocenters. The molecule has 0 bridgehead atoms. The Morgan fingerprint density at radius 3 is 1.94 bits per heavy atom. The van der Waals surface area contributed by atoms with Gasteiger partial charge in [-0.15, -0.1) is 0 Å². The average molecular weight is 229 g/mol. The molecule has 1 N–H and O–H groups in total. The van der Waals surface area contributed by atoms with Crippen LogP contribution in [0.15, 0.2) is 0 Å². The Bertz CT molecular complexity index is 142. The molecule has 0 heterocycles. The quantitative estimate of drug-likeness (QED) is 0.618. The van der Waals surface area contributed by atoms with E-state index in [2.05, 4.69) is 39.9 Å². The van der Waals surface area contributed by atoms with Crippen LogP contribution < -0.4 is 5.32 Å². The Morgan fingerprint density at radius 2 is 1.56 bits per heavy atom. The molecule has 0 aromatic carbocycles. The first-order valence-electron chi connectivity index (χ1n) is 6.99. The zero-order valence-electron chi connectivity index (χ0n) is 11.9. The molecule has 1 unspecified atom stereocenters. The third kappa shape index (κ3) is 7.24. The molecule has 0 saturated carbocycles. The lowest BCUT2D eigenvalue weighted by atomic mass is 10.0. The van der Waals surface area contributed by atoms with E-state index in [0.717, 1.165) is 13.2 Å². The van der Waals surface area contributed by atoms with Crippen LogP contribution in [0.25, 0.3) is 0 Å². The SMILES string of the molecule is CCCC(CCC)NC(COCC)C(C)C. The van der Waals surface area contributed by atoms with Crippen molar-refractivity contribution >= 4 is 0 Å². The van der Waals surface area contributed by atoms with Gasteiger partial charge in [0.05, 0.1) is 6.61 Å². The lowest BCUT2D eigenvalue weighted by Crippen LogP contribution is -2.44. The van der Waals surface area contributed by atoms with Crippen molar-refractivity contribution in [1.82, 2.24) is 5.32 Å². The van der Waals surface area contributed by atoms with E-state index >= 15 is 0 Å². The molecule has 16 heavy (non-hydrogen) atoms. The third-order valence-corrected chi connectivity index (χ3v) is 3.03. The van der Waals surface area contributed by atoms with Gasteiger partial charge in [0, 0.05) is 18.7 Å². The zero-order valence-corrected chi connectivity index (χ0v) is 11.9. The molecule has 0 aliphatic heterocycles. The monoisotopic (exact) mass is 229 g/mol. The van der Waals surface area contributed by atoms with E-state index in [0.29, 0.717) is 18.0 Å². The molecule has 2 heteroatoms. The van der Waals surface area contributed by atoms with Crippen molar-refractivity contribution in [1.29, 1.82) is 0 Å². The molecule has 0 aliphatic rings. The third-order valence-electron chi connectivity index (χ3n) is 3.03. The van der Waals surface area contributed by atoms with E-state index in [1.807, 2.05) is 0 Å². The summed E-state index contributed by atoms with van der Waals surface area (Å²) >= 11 is 0. The van der Waals surface area contributed by atoms with Gasteiger partial charge < -0.3 is 10.1 Å². The van der Waals surface area contributed by atoms with Crippen molar-refractivity contribution < 1.29 is 4.74 Å². The van der Waals surface area contributed by atoms with Gasteiger partial charge in [0.15, 0.2) is 0 Å². The Morgan fingerprint density at radius 1 is 1.00 bits per heavy atom. The van der Waals surface area contributed by atoms with Gasteiger partial charge in [-0.1, -0.05) is 40.5 Å². The van der Waals surface area contributed by atoms with Crippen LogP contribution in [0, 0.1) is 5.92 Å². The van der Waals surface area contributed by atoms with Crippen LogP contribution in [0.2, 0.25) is 0 Å². The summed E-state index contributed by atoms with van der Waals surface area (Å²) in [6.45, 7) is 12.8. The average Bonchev–Trinajstić information content (AvgIpc) is 2.24. The molecule has 0 aliphatic carbocycles. The number of ether oxygens (including phenoxy) is 1. The molecule has 0 amide bonds. The van der Waals surface area contributed by atoms with Crippen LogP contribution in [-0.2, 0) is 4.74 Å². The minimum Gasteiger partial charge on any atom is -0.380 e. The predicted molar refractivity (Wildman–Crippen MR) is 71.9 cm³/mol. The summed E-state index contributed by atoms with van der Waals surface area (Å²) in [5, 5.41) is 3.77. The van der Waals surface area contributed by atoms with Gasteiger partial charge >= 0.3 is 0 Å². The zero-order chi connectivity index (χ0) is 12.4. The maximum atomic E-state index is 5.55. The molecule has 0 aromatic heterocycles. The predicted octanol–water partition coefficient (Wildman–Crippen LogP) is 3.61. The van der Waals surface area contributed by atoms with Crippen molar-refractivity contribution in [3.63, 3.8) is 0 Å². The second-order valence-corrected chi connectivity index (χ2v) is 4.95. The van der Waals surface area contributed by atoms with Gasteiger partial charge in [0.2, 0.25) is 0 Å². The van der Waals surface area contributed by atoms with Crippen LogP contribution in [-0.4, -0.2) is 25.3 Å². The smallest absolute Gasteiger partial charge is 0.0622 e. The lowest BCUT2D eigenvalue weighted by molar-refractivity contribution is 0.102. The molecular formula is C14H31NO. The molecule has 2 nitrogen and oxygen atoms in total. The van der Waals surface area contributed by atoms with E-state index in [1.54, 1.807) is 0 Å². The topological polar surface area (TPSA) is 21.3 Å². The fourth-order valence-corrected chi connectivity index (χ4v) is 1.99. The lowest BCUT2D eigenvalue weighted by Gasteiger charge is -2.28. The van der Waals surface area contributed by atoms with Gasteiger partial charge in [0.1, 0.15) is 0 Å². The second-order valence-electron chi connectivity index (χ2n) is 4.95. The van der Waals surface area contributed by atoms with E-state index < -0.39 is 0 Å². The Hall–Kier alpha value is -0.0800. The van der Waals surface area contributed by atoms with Crippen LogP contribution in [0.3, 0.4) is 0 Å². The minimum atomic E-state index is 0.503. The highest BCUT2D eigenvalue weighted by Gasteiger charge is 2.17. The van der Waals surface area contributed by atoms with Gasteiger partial charge in [0.25, 0.3) is 0 Å². The Balaban J connectivity index is 4.09. The van der Waals surface area contributed by atoms with Crippen LogP contribution in [0.4, 0.5) is 0 Å². The van der Waals surface area contributed by atoms with Crippen molar-refractivity contribution in [2.45, 2.75) is 72.4 Å². The maximum Gasteiger partial charge on any atom is 0.0622 e. The summed E-state index contributed by atoms with van der Waals surface area (Å²) in [5.41, 5.74) is 0. The largest absolute Gasteiger partial charge is 0.380 e. The molecule has 0 saturated heterocycles. The van der Waals surface area contributed by atoms with E-state index in [1.165, 1.54) is 25.7 Å². The van der Waals surface area contributed by atoms with Crippen molar-refractivity contribution in [2.24, 2.45) is 5.92 Å². The fraction of sp³-hybridized carbons (Fsp3) is 1.00. The van der Waals surface area contributed by atoms with Crippen molar-refractivity contribution in [2.75, 3.05) is 13.2 Å². The van der Waals surface area contributed by atoms with E-state index in [4.69, 9.17) is 4.74 Å². The van der Waals surface area contributed by atoms with Gasteiger partial charge in [-0.05, 0) is 25.7 Å². The van der Waals surface area contributed by atoms with Crippen LogP contribution in [0.1, 0.15) is 60.3 Å². The van der Waals surface area contributed by atoms with E-state index in [9.17, 15) is 0 Å². The Labute approximate surface area is 102 Å². The van der Waals surface area contributed by atoms with Gasteiger partial charge in [-0.25, -0.2) is 0 Å². The highest BCUT2D eigenvalue weighted by molar-refractivity contribution is 4.76. The molecular weight excluding hydrogens is 198 g/mol. The van der Waals surface area contributed by atoms with Gasteiger partial charge in [-0.2, -0.15) is 0 Å². The molecule has 0 fully saturated rings. The van der Waals surface area contributed by atoms with Crippen LogP contribution in [0.5, 0.6) is 0 Å². The summed E-state index contributed by atoms with van der Waals surface area (Å²) in [6.07, 6.45) is 5.08. The molecule has 0 aromatic rings. The second kappa shape index (κ2) is 10.1. The molecule has 0 radical (unpaired) electrons. The highest BCUT2D eigenvalue weighted by atomic mass is 16.5. The summed E-state index contributed by atoms with van der Waals surface area (Å²) in [4.78, 5) is 0. The maximum absolute atomic E-state index is 5.55. The summed E-state index contributed by atoms with van der Waals surface area (Å²) in [7, 11) is 0. The molecule has 98 valence electrons. The number of rotatable bonds is 10. The standard InChI is InChI=1S/C14H31NO/c1-6-9-13(10-7-2)15-14(12(4)5)11-16-8-3/h12-15H,6-11H2,1-5H3. The first kappa shape index (κ1) is 15.9. The van der Waals surface area contributed by atoms with Crippen molar-refractivity contribution in [3.05, 3.63) is 0 Å². The summed E-state index contributed by atoms with van der Waals surface area (Å²) in [5.74, 6) is 0.641. The first-order valence-corrected chi connectivity index (χ1v) is 6.99. The Kier molecular flexibility index (Phi) is 10.0. The van der Waals surface area contributed by atoms with E-state index in [-0.39, 0.29) is 0 Å². The highest BCUT2D eigenvalue weighted by Crippen LogP contribution is 2.10. The molecule has 0 rings (SSSR count). The summed E-state index contributed by atoms with van der Waals surface area (Å²) in [6, 6.07) is 1.17. The first-order chi connectivity index (χ1) is 7.65. The summed E-state index contributed by atoms with van der Waals surface area (Å²) < 4.78 is 5.55. The number of nitrogens with one attached hydrogen (secondary N) is 1. The fourth-order valence-electron chi connectivity index (χ4n) is 1.99. The minimum absolute atomic E-state index is 0.503. The van der Waals surface area contributed by atoms with Crippen molar-refractivity contribution in [3.8, 4) is 0 Å². The van der Waals surface area contributed by atoms with Crippen LogP contribution >= 0.6 is 0 Å². The molecule has 0 spiro atoms. The van der Waals surface area contributed by atoms with Gasteiger partial charge in [-0.3, -0.25) is 0 Å².